The zero-order valence-corrected chi connectivity index (χ0v) is 17.8. The second-order valence-electron chi connectivity index (χ2n) is 7.33. The van der Waals surface area contributed by atoms with Crippen LogP contribution in [0.5, 0.6) is 0 Å². The van der Waals surface area contributed by atoms with E-state index < -0.39 is 0 Å². The number of likely N-dealkylation sites (N-methyl/N-ethyl adjacent to an activating group) is 1. The lowest BCUT2D eigenvalue weighted by molar-refractivity contribution is -0.129. The predicted molar refractivity (Wildman–Crippen MR) is 113 cm³/mol. The molecule has 0 spiro atoms. The summed E-state index contributed by atoms with van der Waals surface area (Å²) >= 11 is 1.59. The van der Waals surface area contributed by atoms with Crippen LogP contribution in [0.1, 0.15) is 41.7 Å². The quantitative estimate of drug-likeness (QED) is 0.749. The maximum absolute atomic E-state index is 12.8. The lowest BCUT2D eigenvalue weighted by atomic mass is 9.98. The molecule has 0 aliphatic carbocycles. The third-order valence-electron chi connectivity index (χ3n) is 4.57. The van der Waals surface area contributed by atoms with Crippen LogP contribution < -0.4 is 5.32 Å². The van der Waals surface area contributed by atoms with Gasteiger partial charge in [-0.25, -0.2) is 15.0 Å². The van der Waals surface area contributed by atoms with Crippen molar-refractivity contribution in [3.05, 3.63) is 40.8 Å². The van der Waals surface area contributed by atoms with Crippen molar-refractivity contribution in [2.75, 3.05) is 32.5 Å². The molecule has 2 aromatic heterocycles. The van der Waals surface area contributed by atoms with Gasteiger partial charge in [-0.05, 0) is 47.2 Å². The van der Waals surface area contributed by atoms with Gasteiger partial charge >= 0.3 is 0 Å². The summed E-state index contributed by atoms with van der Waals surface area (Å²) in [6.07, 6.45) is 8.47. The molecule has 1 aliphatic heterocycles. The maximum atomic E-state index is 12.8. The van der Waals surface area contributed by atoms with Crippen LogP contribution in [0.4, 0.5) is 10.9 Å². The minimum atomic E-state index is -0.0227. The molecule has 8 heteroatoms. The minimum Gasteiger partial charge on any atom is -0.331 e. The molecule has 1 fully saturated rings. The van der Waals surface area contributed by atoms with Crippen molar-refractivity contribution in [3.63, 3.8) is 0 Å². The van der Waals surface area contributed by atoms with Crippen molar-refractivity contribution in [3.8, 4) is 0 Å². The number of hydrogen-bond acceptors (Lipinski definition) is 7. The molecule has 0 bridgehead atoms. The number of piperidine rings is 1. The molecule has 1 amide bonds. The van der Waals surface area contributed by atoms with Gasteiger partial charge in [0.1, 0.15) is 11.6 Å². The van der Waals surface area contributed by atoms with Crippen LogP contribution in [0.25, 0.3) is 0 Å². The third-order valence-corrected chi connectivity index (χ3v) is 5.40. The van der Waals surface area contributed by atoms with Gasteiger partial charge in [0.25, 0.3) is 0 Å². The number of anilines is 2. The van der Waals surface area contributed by atoms with Crippen LogP contribution >= 0.6 is 11.3 Å². The number of rotatable bonds is 6. The summed E-state index contributed by atoms with van der Waals surface area (Å²) in [5.41, 5.74) is 0.886. The molecule has 28 heavy (non-hydrogen) atoms. The highest BCUT2D eigenvalue weighted by molar-refractivity contribution is 7.15. The molecule has 1 saturated heterocycles. The first kappa shape index (κ1) is 20.4. The number of likely N-dealkylation sites (tertiary alicyclic amines) is 1. The number of hydrogen-bond donors (Lipinski definition) is 1. The number of thiazole rings is 1. The van der Waals surface area contributed by atoms with E-state index in [1.54, 1.807) is 17.4 Å². The van der Waals surface area contributed by atoms with E-state index >= 15 is 0 Å². The predicted octanol–water partition coefficient (Wildman–Crippen LogP) is 3.46. The van der Waals surface area contributed by atoms with Gasteiger partial charge in [-0.2, -0.15) is 0 Å². The standard InChI is InChI=1S/C20H28N6OS/c1-14-13-21-20(28-14)24-18-12-16(22-15(2)23-18)17-8-5-6-11-26(17)19(27)9-7-10-25(3)4/h7,9,12-13,17H,5-6,8,10-11H2,1-4H3,(H,21,22,23,24)/b9-7+/t17-/m0/s1. The average molecular weight is 401 g/mol. The highest BCUT2D eigenvalue weighted by Gasteiger charge is 2.28. The molecule has 1 aliphatic rings. The summed E-state index contributed by atoms with van der Waals surface area (Å²) < 4.78 is 0. The second kappa shape index (κ2) is 9.25. The number of nitrogens with zero attached hydrogens (tertiary/aromatic N) is 5. The molecular weight excluding hydrogens is 372 g/mol. The molecule has 7 nitrogen and oxygen atoms in total. The van der Waals surface area contributed by atoms with Crippen molar-refractivity contribution >= 4 is 28.2 Å². The van der Waals surface area contributed by atoms with Crippen molar-refractivity contribution in [1.82, 2.24) is 24.8 Å². The molecule has 0 unspecified atom stereocenters. The van der Waals surface area contributed by atoms with Crippen LogP contribution in [0.15, 0.2) is 24.4 Å². The summed E-state index contributed by atoms with van der Waals surface area (Å²) in [6, 6.07) is 1.93. The van der Waals surface area contributed by atoms with Crippen LogP contribution in [0, 0.1) is 13.8 Å². The van der Waals surface area contributed by atoms with Gasteiger partial charge in [-0.3, -0.25) is 4.79 Å². The molecule has 1 N–H and O–H groups in total. The first-order valence-corrected chi connectivity index (χ1v) is 10.4. The van der Waals surface area contributed by atoms with Crippen LogP contribution in [-0.2, 0) is 4.79 Å². The van der Waals surface area contributed by atoms with Gasteiger partial charge in [0.2, 0.25) is 5.91 Å². The maximum Gasteiger partial charge on any atom is 0.246 e. The third kappa shape index (κ3) is 5.36. The molecule has 3 heterocycles. The van der Waals surface area contributed by atoms with E-state index in [9.17, 15) is 4.79 Å². The van der Waals surface area contributed by atoms with Crippen molar-refractivity contribution in [2.45, 2.75) is 39.2 Å². The smallest absolute Gasteiger partial charge is 0.246 e. The molecule has 0 aromatic carbocycles. The van der Waals surface area contributed by atoms with E-state index in [0.717, 1.165) is 53.9 Å². The SMILES string of the molecule is Cc1nc(Nc2ncc(C)s2)cc([C@@H]2CCCCN2C(=O)/C=C/CN(C)C)n1. The summed E-state index contributed by atoms with van der Waals surface area (Å²) in [7, 11) is 3.97. The Morgan fingerprint density at radius 3 is 2.89 bits per heavy atom. The van der Waals surface area contributed by atoms with E-state index in [1.807, 2.05) is 56.1 Å². The number of aromatic nitrogens is 3. The largest absolute Gasteiger partial charge is 0.331 e. The van der Waals surface area contributed by atoms with Crippen molar-refractivity contribution in [2.24, 2.45) is 0 Å². The van der Waals surface area contributed by atoms with Gasteiger partial charge in [0.15, 0.2) is 5.13 Å². The topological polar surface area (TPSA) is 74.2 Å². The van der Waals surface area contributed by atoms with Gasteiger partial charge in [0, 0.05) is 36.3 Å². The van der Waals surface area contributed by atoms with Gasteiger partial charge < -0.3 is 15.1 Å². The normalized spacial score (nSPS) is 17.5. The summed E-state index contributed by atoms with van der Waals surface area (Å²) in [4.78, 5) is 31.4. The van der Waals surface area contributed by atoms with E-state index in [1.165, 1.54) is 0 Å². The van der Waals surface area contributed by atoms with Crippen molar-refractivity contribution in [1.29, 1.82) is 0 Å². The van der Waals surface area contributed by atoms with Gasteiger partial charge in [-0.1, -0.05) is 6.08 Å². The number of carbonyl (C=O) groups excluding carboxylic acids is 1. The highest BCUT2D eigenvalue weighted by Crippen LogP contribution is 2.31. The van der Waals surface area contributed by atoms with Crippen LogP contribution in [0.3, 0.4) is 0 Å². The van der Waals surface area contributed by atoms with Crippen molar-refractivity contribution < 1.29 is 4.79 Å². The zero-order chi connectivity index (χ0) is 20.1. The van der Waals surface area contributed by atoms with Crippen LogP contribution in [-0.4, -0.2) is 57.8 Å². The van der Waals surface area contributed by atoms with E-state index in [0.29, 0.717) is 5.82 Å². The van der Waals surface area contributed by atoms with E-state index in [4.69, 9.17) is 0 Å². The summed E-state index contributed by atoms with van der Waals surface area (Å²) in [6.45, 7) is 5.41. The molecule has 0 saturated carbocycles. The summed E-state index contributed by atoms with van der Waals surface area (Å²) in [5, 5.41) is 4.08. The molecule has 1 atom stereocenters. The number of carbonyl (C=O) groups is 1. The lowest BCUT2D eigenvalue weighted by Gasteiger charge is -2.35. The fourth-order valence-electron chi connectivity index (χ4n) is 3.31. The Bertz CT molecular complexity index is 847. The number of nitrogens with one attached hydrogen (secondary N) is 1. The first-order valence-electron chi connectivity index (χ1n) is 9.59. The number of amides is 1. The average Bonchev–Trinajstić information content (AvgIpc) is 3.05. The Morgan fingerprint density at radius 2 is 2.18 bits per heavy atom. The molecular formula is C20H28N6OS. The Kier molecular flexibility index (Phi) is 6.74. The van der Waals surface area contributed by atoms with E-state index in [2.05, 4.69) is 20.3 Å². The minimum absolute atomic E-state index is 0.0227. The molecule has 0 radical (unpaired) electrons. The van der Waals surface area contributed by atoms with Gasteiger partial charge in [0.05, 0.1) is 11.7 Å². The first-order chi connectivity index (χ1) is 13.4. The Morgan fingerprint density at radius 1 is 1.36 bits per heavy atom. The summed E-state index contributed by atoms with van der Waals surface area (Å²) in [5.74, 6) is 1.46. The monoisotopic (exact) mass is 400 g/mol. The lowest BCUT2D eigenvalue weighted by Crippen LogP contribution is -2.38. The second-order valence-corrected chi connectivity index (χ2v) is 8.57. The Hall–Kier alpha value is -2.32. The van der Waals surface area contributed by atoms with E-state index in [-0.39, 0.29) is 11.9 Å². The molecule has 2 aromatic rings. The molecule has 3 rings (SSSR count). The highest BCUT2D eigenvalue weighted by atomic mass is 32.1. The fourth-order valence-corrected chi connectivity index (χ4v) is 3.98. The van der Waals surface area contributed by atoms with Gasteiger partial charge in [-0.15, -0.1) is 11.3 Å². The molecule has 150 valence electrons. The Labute approximate surface area is 170 Å². The zero-order valence-electron chi connectivity index (χ0n) is 17.0. The fraction of sp³-hybridized carbons (Fsp3) is 0.500. The Balaban J connectivity index is 1.80. The van der Waals surface area contributed by atoms with Crippen LogP contribution in [0.2, 0.25) is 0 Å². The number of aryl methyl sites for hydroxylation is 2.